The van der Waals surface area contributed by atoms with Crippen LogP contribution in [0.1, 0.15) is 21.1 Å². The lowest BCUT2D eigenvalue weighted by Crippen LogP contribution is -2.18. The number of thiazole rings is 1. The van der Waals surface area contributed by atoms with E-state index >= 15 is 0 Å². The highest BCUT2D eigenvalue weighted by atomic mass is 32.1. The summed E-state index contributed by atoms with van der Waals surface area (Å²) in [6, 6.07) is 6.18. The van der Waals surface area contributed by atoms with E-state index in [9.17, 15) is 0 Å². The standard InChI is InChI=1S/C16H20N2O2S/c1-11-16(21-12(2)17-11)10-18(3)9-13-4-5-14-15(8-13)20-7-6-19-14/h4-5,8H,6-7,9-10H2,1-3H3. The van der Waals surface area contributed by atoms with Crippen LogP contribution >= 0.6 is 11.3 Å². The molecular formula is C16H20N2O2S. The first kappa shape index (κ1) is 14.4. The average Bonchev–Trinajstić information content (AvgIpc) is 2.76. The second-order valence-corrected chi connectivity index (χ2v) is 6.68. The highest BCUT2D eigenvalue weighted by Crippen LogP contribution is 2.31. The zero-order valence-electron chi connectivity index (χ0n) is 12.7. The summed E-state index contributed by atoms with van der Waals surface area (Å²) in [5.74, 6) is 1.71. The van der Waals surface area contributed by atoms with E-state index in [2.05, 4.69) is 42.9 Å². The first-order valence-corrected chi connectivity index (χ1v) is 7.93. The predicted molar refractivity (Wildman–Crippen MR) is 84.2 cm³/mol. The molecular weight excluding hydrogens is 284 g/mol. The van der Waals surface area contributed by atoms with E-state index in [0.717, 1.165) is 35.3 Å². The normalized spacial score (nSPS) is 13.7. The molecule has 0 aliphatic carbocycles. The summed E-state index contributed by atoms with van der Waals surface area (Å²) in [7, 11) is 2.13. The van der Waals surface area contributed by atoms with Crippen molar-refractivity contribution in [2.75, 3.05) is 20.3 Å². The molecule has 21 heavy (non-hydrogen) atoms. The van der Waals surface area contributed by atoms with Gasteiger partial charge in [0.25, 0.3) is 0 Å². The molecule has 0 N–H and O–H groups in total. The Labute approximate surface area is 129 Å². The molecule has 0 atom stereocenters. The lowest BCUT2D eigenvalue weighted by atomic mass is 10.2. The van der Waals surface area contributed by atoms with Crippen LogP contribution in [-0.4, -0.2) is 30.1 Å². The number of ether oxygens (including phenoxy) is 2. The Morgan fingerprint density at radius 3 is 2.62 bits per heavy atom. The van der Waals surface area contributed by atoms with Crippen molar-refractivity contribution in [2.24, 2.45) is 0 Å². The van der Waals surface area contributed by atoms with Gasteiger partial charge < -0.3 is 9.47 Å². The van der Waals surface area contributed by atoms with Gasteiger partial charge in [0.05, 0.1) is 10.7 Å². The molecule has 5 heteroatoms. The molecule has 0 amide bonds. The Hall–Kier alpha value is -1.59. The molecule has 1 aliphatic heterocycles. The van der Waals surface area contributed by atoms with Crippen LogP contribution in [0.15, 0.2) is 18.2 Å². The monoisotopic (exact) mass is 304 g/mol. The summed E-state index contributed by atoms with van der Waals surface area (Å²) in [4.78, 5) is 8.12. The number of rotatable bonds is 4. The molecule has 0 saturated carbocycles. The van der Waals surface area contributed by atoms with E-state index in [0.29, 0.717) is 13.2 Å². The number of hydrogen-bond donors (Lipinski definition) is 0. The fraction of sp³-hybridized carbons (Fsp3) is 0.438. The molecule has 2 aromatic rings. The summed E-state index contributed by atoms with van der Waals surface area (Å²) in [6.07, 6.45) is 0. The minimum Gasteiger partial charge on any atom is -0.486 e. The molecule has 1 aromatic heterocycles. The molecule has 1 aromatic carbocycles. The third-order valence-corrected chi connectivity index (χ3v) is 4.53. The summed E-state index contributed by atoms with van der Waals surface area (Å²) in [6.45, 7) is 7.21. The molecule has 0 unspecified atom stereocenters. The lowest BCUT2D eigenvalue weighted by Gasteiger charge is -2.21. The number of aromatic nitrogens is 1. The minimum atomic E-state index is 0.631. The van der Waals surface area contributed by atoms with Crippen molar-refractivity contribution in [3.8, 4) is 11.5 Å². The molecule has 1 aliphatic rings. The van der Waals surface area contributed by atoms with E-state index < -0.39 is 0 Å². The van der Waals surface area contributed by atoms with Gasteiger partial charge in [0, 0.05) is 18.0 Å². The largest absolute Gasteiger partial charge is 0.486 e. The van der Waals surface area contributed by atoms with Gasteiger partial charge in [-0.3, -0.25) is 4.90 Å². The van der Waals surface area contributed by atoms with Gasteiger partial charge in [-0.05, 0) is 38.6 Å². The quantitative estimate of drug-likeness (QED) is 0.869. The van der Waals surface area contributed by atoms with Gasteiger partial charge in [0.15, 0.2) is 11.5 Å². The summed E-state index contributed by atoms with van der Waals surface area (Å²) in [5.41, 5.74) is 2.38. The second kappa shape index (κ2) is 6.03. The fourth-order valence-electron chi connectivity index (χ4n) is 2.52. The van der Waals surface area contributed by atoms with Gasteiger partial charge in [-0.2, -0.15) is 0 Å². The summed E-state index contributed by atoms with van der Waals surface area (Å²) >= 11 is 1.78. The Kier molecular flexibility index (Phi) is 4.12. The van der Waals surface area contributed by atoms with Crippen LogP contribution in [0, 0.1) is 13.8 Å². The van der Waals surface area contributed by atoms with Crippen molar-refractivity contribution in [3.63, 3.8) is 0 Å². The van der Waals surface area contributed by atoms with E-state index in [1.54, 1.807) is 11.3 Å². The molecule has 4 nitrogen and oxygen atoms in total. The third kappa shape index (κ3) is 3.36. The van der Waals surface area contributed by atoms with Crippen LogP contribution in [0.3, 0.4) is 0 Å². The first-order chi connectivity index (χ1) is 10.1. The Morgan fingerprint density at radius 2 is 1.90 bits per heavy atom. The maximum Gasteiger partial charge on any atom is 0.161 e. The van der Waals surface area contributed by atoms with Gasteiger partial charge in [-0.15, -0.1) is 11.3 Å². The fourth-order valence-corrected chi connectivity index (χ4v) is 3.54. The van der Waals surface area contributed by atoms with Crippen molar-refractivity contribution in [3.05, 3.63) is 39.3 Å². The van der Waals surface area contributed by atoms with Gasteiger partial charge in [0.1, 0.15) is 13.2 Å². The Balaban J connectivity index is 1.67. The molecule has 0 spiro atoms. The lowest BCUT2D eigenvalue weighted by molar-refractivity contribution is 0.171. The van der Waals surface area contributed by atoms with E-state index in [-0.39, 0.29) is 0 Å². The van der Waals surface area contributed by atoms with Gasteiger partial charge in [-0.25, -0.2) is 4.98 Å². The zero-order chi connectivity index (χ0) is 14.8. The predicted octanol–water partition coefficient (Wildman–Crippen LogP) is 3.16. The van der Waals surface area contributed by atoms with Crippen LogP contribution in [-0.2, 0) is 13.1 Å². The van der Waals surface area contributed by atoms with Crippen LogP contribution in [0.5, 0.6) is 11.5 Å². The first-order valence-electron chi connectivity index (χ1n) is 7.12. The molecule has 0 fully saturated rings. The van der Waals surface area contributed by atoms with Crippen molar-refractivity contribution >= 4 is 11.3 Å². The Morgan fingerprint density at radius 1 is 1.14 bits per heavy atom. The minimum absolute atomic E-state index is 0.631. The van der Waals surface area contributed by atoms with E-state index in [1.165, 1.54) is 10.4 Å². The second-order valence-electron chi connectivity index (χ2n) is 5.39. The van der Waals surface area contributed by atoms with Crippen molar-refractivity contribution < 1.29 is 9.47 Å². The van der Waals surface area contributed by atoms with E-state index in [4.69, 9.17) is 9.47 Å². The topological polar surface area (TPSA) is 34.6 Å². The van der Waals surface area contributed by atoms with Gasteiger partial charge in [0.2, 0.25) is 0 Å². The number of aryl methyl sites for hydroxylation is 2. The highest BCUT2D eigenvalue weighted by molar-refractivity contribution is 7.11. The van der Waals surface area contributed by atoms with Crippen LogP contribution in [0.2, 0.25) is 0 Å². The van der Waals surface area contributed by atoms with Crippen molar-refractivity contribution in [2.45, 2.75) is 26.9 Å². The maximum absolute atomic E-state index is 5.63. The zero-order valence-corrected chi connectivity index (χ0v) is 13.5. The Bertz CT molecular complexity index is 639. The molecule has 3 rings (SSSR count). The summed E-state index contributed by atoms with van der Waals surface area (Å²) in [5, 5.41) is 1.13. The van der Waals surface area contributed by atoms with Crippen molar-refractivity contribution in [1.82, 2.24) is 9.88 Å². The molecule has 112 valence electrons. The third-order valence-electron chi connectivity index (χ3n) is 3.47. The average molecular weight is 304 g/mol. The number of nitrogens with zero attached hydrogens (tertiary/aromatic N) is 2. The smallest absolute Gasteiger partial charge is 0.161 e. The number of fused-ring (bicyclic) bond motifs is 1. The van der Waals surface area contributed by atoms with Gasteiger partial charge >= 0.3 is 0 Å². The molecule has 0 saturated heterocycles. The highest BCUT2D eigenvalue weighted by Gasteiger charge is 2.13. The van der Waals surface area contributed by atoms with Crippen LogP contribution in [0.25, 0.3) is 0 Å². The van der Waals surface area contributed by atoms with Crippen LogP contribution < -0.4 is 9.47 Å². The number of hydrogen-bond acceptors (Lipinski definition) is 5. The van der Waals surface area contributed by atoms with E-state index in [1.807, 2.05) is 6.07 Å². The van der Waals surface area contributed by atoms with Crippen LogP contribution in [0.4, 0.5) is 0 Å². The van der Waals surface area contributed by atoms with Crippen molar-refractivity contribution in [1.29, 1.82) is 0 Å². The molecule has 0 bridgehead atoms. The molecule has 0 radical (unpaired) electrons. The number of benzene rings is 1. The summed E-state index contributed by atoms with van der Waals surface area (Å²) < 4.78 is 11.2. The molecule has 2 heterocycles. The maximum atomic E-state index is 5.63. The SMILES string of the molecule is Cc1nc(C)c(CN(C)Cc2ccc3c(c2)OCCO3)s1. The van der Waals surface area contributed by atoms with Gasteiger partial charge in [-0.1, -0.05) is 6.07 Å².